The third-order valence-corrected chi connectivity index (χ3v) is 12.5. The van der Waals surface area contributed by atoms with E-state index in [9.17, 15) is 24.5 Å². The van der Waals surface area contributed by atoms with Crippen LogP contribution in [0.25, 0.3) is 22.3 Å². The maximum atomic E-state index is 16.8. The number of benzene rings is 1. The average molecular weight is 908 g/mol. The summed E-state index contributed by atoms with van der Waals surface area (Å²) in [6, 6.07) is 10.2. The van der Waals surface area contributed by atoms with Crippen molar-refractivity contribution in [2.45, 2.75) is 69.5 Å². The lowest BCUT2D eigenvalue weighted by atomic mass is 10.1. The number of carbonyl (C=O) groups excluding carboxylic acids is 2. The molecule has 0 spiro atoms. The second-order valence-corrected chi connectivity index (χ2v) is 17.6. The first-order chi connectivity index (χ1) is 29.3. The molecule has 5 aromatic rings. The average Bonchev–Trinajstić information content (AvgIpc) is 4.01. The lowest BCUT2D eigenvalue weighted by molar-refractivity contribution is -0.118. The Morgan fingerprint density at radius 2 is 1.79 bits per heavy atom. The Morgan fingerprint density at radius 3 is 2.54 bits per heavy atom. The highest BCUT2D eigenvalue weighted by Crippen LogP contribution is 2.56. The van der Waals surface area contributed by atoms with Crippen molar-refractivity contribution < 1.29 is 55.4 Å². The summed E-state index contributed by atoms with van der Waals surface area (Å²) in [7, 11) is -3.01. The summed E-state index contributed by atoms with van der Waals surface area (Å²) in [5.41, 5.74) is -1.06. The molecule has 24 nitrogen and oxygen atoms in total. The van der Waals surface area contributed by atoms with Crippen LogP contribution in [0, 0.1) is 17.2 Å². The summed E-state index contributed by atoms with van der Waals surface area (Å²) in [4.78, 5) is 64.1. The molecule has 322 valence electrons. The van der Waals surface area contributed by atoms with Gasteiger partial charge in [0.05, 0.1) is 32.3 Å². The SMILES string of the molecule is CC(C)C(=O)Nc1nc2c(nnn2[C@@H]2O[C@@H]3COP(=S)(OCCC#N)O[C@H]4[C@H](F)[C@H](n5nnc6c(NC(=O)c7ccccc7)ncnc65)O[C@@H]4COP(O)O[C@H]2[C@@H]3F)c(=O)[nH]1. The summed E-state index contributed by atoms with van der Waals surface area (Å²) in [6.45, 7) is -2.58. The minimum Gasteiger partial charge on any atom is -0.345 e. The van der Waals surface area contributed by atoms with E-state index in [2.05, 4.69) is 51.2 Å². The summed E-state index contributed by atoms with van der Waals surface area (Å²) >= 11 is 5.66. The number of rotatable bonds is 9. The van der Waals surface area contributed by atoms with Crippen LogP contribution in [0.15, 0.2) is 41.5 Å². The molecule has 3 saturated heterocycles. The van der Waals surface area contributed by atoms with E-state index < -0.39 is 101 Å². The number of ether oxygens (including phenoxy) is 2. The van der Waals surface area contributed by atoms with E-state index in [4.69, 9.17) is 43.9 Å². The second-order valence-electron chi connectivity index (χ2n) is 13.7. The standard InChI is InChI=1S/C32H33F2N13O11P2S/c1-14(2)27(48)40-32-39-26-21(29(50)41-32)43-45-47(26)31-23-18(33)16(55-31)12-54-60(61,53-10-6-9-35)58-22-17(11-52-59(51)57-23)56-30(19(22)34)46-25-20(42-44-46)24(36-13-37-25)38-28(49)15-7-4-3-5-8-15/h3-5,7-8,13-14,16-19,22-23,30-31,51H,6,10-12H2,1-2H3,(H,36,37,38,49)(H2,39,40,41,48,50)/t16-,17-,18-,19+,22-,23+,30-,31-,59?,60?/m1/s1. The first kappa shape index (κ1) is 42.7. The molecule has 61 heavy (non-hydrogen) atoms. The maximum Gasteiger partial charge on any atom is 0.330 e. The number of nitrogens with zero attached hydrogens (tertiary/aromatic N) is 10. The lowest BCUT2D eigenvalue weighted by Crippen LogP contribution is -2.34. The number of fused-ring (bicyclic) bond motifs is 5. The van der Waals surface area contributed by atoms with Crippen LogP contribution in [-0.2, 0) is 48.7 Å². The first-order valence-corrected chi connectivity index (χ1v) is 21.9. The number of nitriles is 1. The van der Waals surface area contributed by atoms with Gasteiger partial charge in [-0.25, -0.2) is 18.7 Å². The molecule has 4 aromatic heterocycles. The van der Waals surface area contributed by atoms with Gasteiger partial charge in [-0.1, -0.05) is 42.5 Å². The van der Waals surface area contributed by atoms with Gasteiger partial charge in [-0.3, -0.25) is 29.2 Å². The van der Waals surface area contributed by atoms with Gasteiger partial charge in [0, 0.05) is 11.5 Å². The van der Waals surface area contributed by atoms with Gasteiger partial charge in [0.15, 0.2) is 52.9 Å². The fourth-order valence-electron chi connectivity index (χ4n) is 6.31. The molecule has 0 radical (unpaired) electrons. The number of amides is 2. The third-order valence-electron chi connectivity index (χ3n) is 9.31. The summed E-state index contributed by atoms with van der Waals surface area (Å²) < 4.78 is 75.9. The lowest BCUT2D eigenvalue weighted by Gasteiger charge is -2.28. The highest BCUT2D eigenvalue weighted by molar-refractivity contribution is 8.07. The third kappa shape index (κ3) is 8.74. The van der Waals surface area contributed by atoms with Gasteiger partial charge in [-0.05, 0) is 23.9 Å². The van der Waals surface area contributed by atoms with Gasteiger partial charge >= 0.3 is 15.3 Å². The number of halogens is 2. The van der Waals surface area contributed by atoms with Gasteiger partial charge in [0.25, 0.3) is 11.5 Å². The monoisotopic (exact) mass is 907 g/mol. The summed E-state index contributed by atoms with van der Waals surface area (Å²) in [6.07, 6.45) is -12.9. The Morgan fingerprint density at radius 1 is 1.05 bits per heavy atom. The zero-order chi connectivity index (χ0) is 43.0. The molecular weight excluding hydrogens is 874 g/mol. The molecule has 7 heterocycles. The van der Waals surface area contributed by atoms with Crippen LogP contribution in [0.2, 0.25) is 0 Å². The Kier molecular flexibility index (Phi) is 12.5. The zero-order valence-corrected chi connectivity index (χ0v) is 34.2. The van der Waals surface area contributed by atoms with Gasteiger partial charge in [0.1, 0.15) is 30.7 Å². The van der Waals surface area contributed by atoms with Gasteiger partial charge in [0.2, 0.25) is 11.9 Å². The van der Waals surface area contributed by atoms with Crippen molar-refractivity contribution in [2.75, 3.05) is 30.5 Å². The number of aromatic amines is 1. The number of alkyl halides is 2. The van der Waals surface area contributed by atoms with Crippen LogP contribution < -0.4 is 16.2 Å². The largest absolute Gasteiger partial charge is 0.345 e. The van der Waals surface area contributed by atoms with Gasteiger partial charge in [-0.15, -0.1) is 10.2 Å². The molecule has 2 unspecified atom stereocenters. The first-order valence-electron chi connectivity index (χ1n) is 18.2. The van der Waals surface area contributed by atoms with Gasteiger partial charge in [-0.2, -0.15) is 19.6 Å². The fourth-order valence-corrected chi connectivity index (χ4v) is 9.16. The molecule has 2 amide bonds. The molecule has 1 aromatic carbocycles. The van der Waals surface area contributed by atoms with E-state index in [-0.39, 0.29) is 47.1 Å². The maximum absolute atomic E-state index is 16.8. The van der Waals surface area contributed by atoms with Crippen LogP contribution >= 0.6 is 15.3 Å². The molecule has 8 rings (SSSR count). The number of carbonyl (C=O) groups is 2. The smallest absolute Gasteiger partial charge is 0.330 e. The minimum absolute atomic E-state index is 0.00948. The van der Waals surface area contributed by atoms with Crippen molar-refractivity contribution in [3.05, 3.63) is 52.6 Å². The van der Waals surface area contributed by atoms with Crippen LogP contribution in [-0.4, -0.2) is 123 Å². The van der Waals surface area contributed by atoms with Crippen LogP contribution in [0.3, 0.4) is 0 Å². The molecule has 2 bridgehead atoms. The van der Waals surface area contributed by atoms with Crippen LogP contribution in [0.4, 0.5) is 20.5 Å². The number of H-pyrrole nitrogens is 1. The summed E-state index contributed by atoms with van der Waals surface area (Å²) in [5, 5.41) is 30.2. The van der Waals surface area contributed by atoms with Crippen LogP contribution in [0.5, 0.6) is 0 Å². The molecule has 3 aliphatic rings. The van der Waals surface area contributed by atoms with E-state index in [0.29, 0.717) is 5.56 Å². The molecule has 0 aliphatic carbocycles. The van der Waals surface area contributed by atoms with Crippen molar-refractivity contribution >= 4 is 73.0 Å². The van der Waals surface area contributed by atoms with Crippen molar-refractivity contribution in [3.63, 3.8) is 0 Å². The van der Waals surface area contributed by atoms with E-state index in [0.717, 1.165) is 15.7 Å². The Bertz CT molecular complexity index is 2590. The Balaban J connectivity index is 1.08. The Labute approximate surface area is 347 Å². The van der Waals surface area contributed by atoms with Crippen LogP contribution in [0.1, 0.15) is 43.1 Å². The quantitative estimate of drug-likeness (QED) is 0.122. The topological polar surface area (TPSA) is 300 Å². The predicted octanol–water partition coefficient (Wildman–Crippen LogP) is 2.26. The van der Waals surface area contributed by atoms with E-state index in [1.807, 2.05) is 6.07 Å². The summed E-state index contributed by atoms with van der Waals surface area (Å²) in [5.74, 6) is -1.74. The Hall–Kier alpha value is -4.97. The predicted molar refractivity (Wildman–Crippen MR) is 206 cm³/mol. The number of nitrogens with one attached hydrogen (secondary N) is 3. The van der Waals surface area contributed by atoms with E-state index in [1.54, 1.807) is 44.2 Å². The van der Waals surface area contributed by atoms with Gasteiger partial charge < -0.3 is 37.8 Å². The highest BCUT2D eigenvalue weighted by Gasteiger charge is 2.54. The molecule has 3 aliphatic heterocycles. The van der Waals surface area contributed by atoms with E-state index in [1.165, 1.54) is 0 Å². The number of hydrogen-bond donors (Lipinski definition) is 4. The highest BCUT2D eigenvalue weighted by atomic mass is 32.5. The molecule has 29 heteroatoms. The van der Waals surface area contributed by atoms with Crippen molar-refractivity contribution in [2.24, 2.45) is 5.92 Å². The normalized spacial score (nSPS) is 29.4. The second kappa shape index (κ2) is 17.8. The molecule has 3 fully saturated rings. The van der Waals surface area contributed by atoms with Crippen molar-refractivity contribution in [1.82, 2.24) is 49.9 Å². The number of hydrogen-bond acceptors (Lipinski definition) is 20. The van der Waals surface area contributed by atoms with Crippen molar-refractivity contribution in [1.29, 1.82) is 5.26 Å². The molecule has 4 N–H and O–H groups in total. The zero-order valence-electron chi connectivity index (χ0n) is 31.5. The molecule has 0 saturated carbocycles. The number of aromatic nitrogens is 10. The van der Waals surface area contributed by atoms with E-state index >= 15 is 8.78 Å². The minimum atomic E-state index is -4.14. The number of anilines is 2. The molecular formula is C32H33F2N13O11P2S. The van der Waals surface area contributed by atoms with Crippen molar-refractivity contribution in [3.8, 4) is 6.07 Å². The fraction of sp³-hybridized carbons (Fsp3) is 0.469. The molecule has 10 atom stereocenters.